The first-order valence-electron chi connectivity index (χ1n) is 4.07. The van der Waals surface area contributed by atoms with Crippen LogP contribution >= 0.6 is 33.9 Å². The number of fused-ring (bicyclic) bond motifs is 1. The van der Waals surface area contributed by atoms with Crippen LogP contribution in [0.2, 0.25) is 0 Å². The monoisotopic (exact) mass is 322 g/mol. The lowest BCUT2D eigenvalue weighted by Crippen LogP contribution is -2.28. The molecule has 2 rings (SSSR count). The third kappa shape index (κ3) is 1.42. The Labute approximate surface area is 96.5 Å². The first-order chi connectivity index (χ1) is 6.63. The molecule has 0 aliphatic carbocycles. The average Bonchev–Trinajstić information content (AvgIpc) is 2.42. The molecule has 0 aliphatic heterocycles. The summed E-state index contributed by atoms with van der Waals surface area (Å²) in [6.07, 6.45) is 0.847. The van der Waals surface area contributed by atoms with Crippen molar-refractivity contribution < 1.29 is 0 Å². The van der Waals surface area contributed by atoms with Gasteiger partial charge in [0.05, 0.1) is 8.40 Å². The van der Waals surface area contributed by atoms with Crippen molar-refractivity contribution in [1.29, 1.82) is 0 Å². The minimum Gasteiger partial charge on any atom is -0.315 e. The van der Waals surface area contributed by atoms with Gasteiger partial charge in [-0.05, 0) is 29.0 Å². The summed E-state index contributed by atoms with van der Waals surface area (Å²) in [6, 6.07) is 0. The Morgan fingerprint density at radius 2 is 1.93 bits per heavy atom. The lowest BCUT2D eigenvalue weighted by atomic mass is 10.2. The van der Waals surface area contributed by atoms with Crippen molar-refractivity contribution in [3.05, 3.63) is 29.2 Å². The zero-order valence-electron chi connectivity index (χ0n) is 7.31. The van der Waals surface area contributed by atoms with Crippen molar-refractivity contribution in [2.75, 3.05) is 0 Å². The standard InChI is InChI=1S/C8H7IN2O2S/c1-2-3-4-8(14-5(3)9)11-7(13)6(12)10-4/h2H2,1H3,(H,10,12)(H,11,13). The molecule has 0 amide bonds. The molecule has 0 aromatic carbocycles. The summed E-state index contributed by atoms with van der Waals surface area (Å²) in [5.41, 5.74) is 0.699. The number of halogens is 1. The van der Waals surface area contributed by atoms with E-state index in [-0.39, 0.29) is 0 Å². The predicted molar refractivity (Wildman–Crippen MR) is 65.2 cm³/mol. The van der Waals surface area contributed by atoms with Gasteiger partial charge in [0.15, 0.2) is 0 Å². The van der Waals surface area contributed by atoms with Gasteiger partial charge in [-0.1, -0.05) is 6.92 Å². The summed E-state index contributed by atoms with van der Waals surface area (Å²) < 4.78 is 1.11. The number of hydrogen-bond donors (Lipinski definition) is 2. The molecule has 0 fully saturated rings. The van der Waals surface area contributed by atoms with Crippen LogP contribution in [0.15, 0.2) is 9.59 Å². The molecule has 2 aromatic heterocycles. The molecular formula is C8H7IN2O2S. The number of rotatable bonds is 1. The van der Waals surface area contributed by atoms with Crippen molar-refractivity contribution in [2.45, 2.75) is 13.3 Å². The van der Waals surface area contributed by atoms with Crippen LogP contribution < -0.4 is 11.1 Å². The first kappa shape index (κ1) is 9.91. The lowest BCUT2D eigenvalue weighted by Gasteiger charge is -1.93. The summed E-state index contributed by atoms with van der Waals surface area (Å²) in [4.78, 5) is 28.1. The second-order valence-electron chi connectivity index (χ2n) is 2.82. The fourth-order valence-electron chi connectivity index (χ4n) is 1.30. The fraction of sp³-hybridized carbons (Fsp3) is 0.250. The molecule has 0 atom stereocenters. The maximum Gasteiger partial charge on any atom is 0.314 e. The average molecular weight is 322 g/mol. The summed E-state index contributed by atoms with van der Waals surface area (Å²) in [7, 11) is 0. The van der Waals surface area contributed by atoms with E-state index in [1.165, 1.54) is 11.3 Å². The van der Waals surface area contributed by atoms with Crippen LogP contribution in [-0.4, -0.2) is 9.97 Å². The molecule has 0 unspecified atom stereocenters. The molecule has 74 valence electrons. The first-order valence-corrected chi connectivity index (χ1v) is 5.96. The molecule has 14 heavy (non-hydrogen) atoms. The van der Waals surface area contributed by atoms with E-state index in [0.717, 1.165) is 25.2 Å². The van der Waals surface area contributed by atoms with Crippen LogP contribution in [0, 0.1) is 2.88 Å². The van der Waals surface area contributed by atoms with Crippen LogP contribution in [0.25, 0.3) is 10.3 Å². The third-order valence-corrected chi connectivity index (χ3v) is 4.23. The molecule has 4 nitrogen and oxygen atoms in total. The van der Waals surface area contributed by atoms with Crippen molar-refractivity contribution in [2.24, 2.45) is 0 Å². The Kier molecular flexibility index (Phi) is 2.48. The highest BCUT2D eigenvalue weighted by Gasteiger charge is 2.10. The summed E-state index contributed by atoms with van der Waals surface area (Å²) in [5.74, 6) is 0. The van der Waals surface area contributed by atoms with Crippen molar-refractivity contribution >= 4 is 44.3 Å². The largest absolute Gasteiger partial charge is 0.315 e. The molecule has 2 aromatic rings. The van der Waals surface area contributed by atoms with E-state index in [0.29, 0.717) is 0 Å². The Morgan fingerprint density at radius 1 is 1.29 bits per heavy atom. The highest BCUT2D eigenvalue weighted by atomic mass is 127. The van der Waals surface area contributed by atoms with Gasteiger partial charge in [0.2, 0.25) is 0 Å². The predicted octanol–water partition coefficient (Wildman–Crippen LogP) is 1.44. The van der Waals surface area contributed by atoms with Gasteiger partial charge in [-0.25, -0.2) is 0 Å². The molecule has 0 radical (unpaired) electrons. The zero-order valence-corrected chi connectivity index (χ0v) is 10.3. The highest BCUT2D eigenvalue weighted by Crippen LogP contribution is 2.28. The van der Waals surface area contributed by atoms with Gasteiger partial charge in [0, 0.05) is 5.56 Å². The molecule has 0 spiro atoms. The number of aromatic amines is 2. The van der Waals surface area contributed by atoms with Crippen molar-refractivity contribution in [3.63, 3.8) is 0 Å². The molecule has 2 N–H and O–H groups in total. The number of hydrogen-bond acceptors (Lipinski definition) is 3. The Morgan fingerprint density at radius 3 is 2.57 bits per heavy atom. The van der Waals surface area contributed by atoms with E-state index >= 15 is 0 Å². The van der Waals surface area contributed by atoms with Crippen LogP contribution in [0.5, 0.6) is 0 Å². The molecule has 2 heterocycles. The van der Waals surface area contributed by atoms with Gasteiger partial charge in [-0.3, -0.25) is 9.59 Å². The van der Waals surface area contributed by atoms with E-state index < -0.39 is 11.1 Å². The molecular weight excluding hydrogens is 315 g/mol. The van der Waals surface area contributed by atoms with Crippen molar-refractivity contribution in [3.8, 4) is 0 Å². The maximum atomic E-state index is 11.1. The van der Waals surface area contributed by atoms with E-state index in [4.69, 9.17) is 0 Å². The maximum absolute atomic E-state index is 11.1. The fourth-order valence-corrected chi connectivity index (χ4v) is 3.58. The number of H-pyrrole nitrogens is 2. The normalized spacial score (nSPS) is 11.0. The quantitative estimate of drug-likeness (QED) is 0.616. The van der Waals surface area contributed by atoms with E-state index in [2.05, 4.69) is 32.6 Å². The number of aromatic nitrogens is 2. The number of thiophene rings is 1. The second kappa shape index (κ2) is 3.50. The Hall–Kier alpha value is -0.630. The molecule has 0 saturated carbocycles. The number of nitrogens with one attached hydrogen (secondary N) is 2. The van der Waals surface area contributed by atoms with Gasteiger partial charge >= 0.3 is 11.1 Å². The van der Waals surface area contributed by atoms with Gasteiger partial charge in [-0.2, -0.15) is 0 Å². The minimum absolute atomic E-state index is 0.582. The molecule has 0 saturated heterocycles. The van der Waals surface area contributed by atoms with Gasteiger partial charge in [0.1, 0.15) is 4.83 Å². The van der Waals surface area contributed by atoms with Crippen molar-refractivity contribution in [1.82, 2.24) is 9.97 Å². The van der Waals surface area contributed by atoms with Crippen LogP contribution in [0.4, 0.5) is 0 Å². The second-order valence-corrected chi connectivity index (χ2v) is 5.65. The lowest BCUT2D eigenvalue weighted by molar-refractivity contribution is 1.11. The van der Waals surface area contributed by atoms with E-state index in [1.807, 2.05) is 6.92 Å². The van der Waals surface area contributed by atoms with Crippen LogP contribution in [0.3, 0.4) is 0 Å². The Balaban J connectivity index is 2.96. The summed E-state index contributed by atoms with van der Waals surface area (Å²) in [5, 5.41) is 0. The third-order valence-electron chi connectivity index (χ3n) is 1.98. The molecule has 0 bridgehead atoms. The highest BCUT2D eigenvalue weighted by molar-refractivity contribution is 14.1. The number of aryl methyl sites for hydroxylation is 1. The molecule has 0 aliphatic rings. The van der Waals surface area contributed by atoms with Crippen LogP contribution in [-0.2, 0) is 6.42 Å². The topological polar surface area (TPSA) is 65.7 Å². The molecule has 6 heteroatoms. The Bertz CT molecular complexity index is 595. The smallest absolute Gasteiger partial charge is 0.314 e. The summed E-state index contributed by atoms with van der Waals surface area (Å²) >= 11 is 3.70. The van der Waals surface area contributed by atoms with Gasteiger partial charge < -0.3 is 9.97 Å². The summed E-state index contributed by atoms with van der Waals surface area (Å²) in [6.45, 7) is 2.02. The van der Waals surface area contributed by atoms with E-state index in [1.54, 1.807) is 0 Å². The van der Waals surface area contributed by atoms with Gasteiger partial charge in [0.25, 0.3) is 0 Å². The minimum atomic E-state index is -0.585. The van der Waals surface area contributed by atoms with Gasteiger partial charge in [-0.15, -0.1) is 11.3 Å². The SMILES string of the molecule is CCc1c(I)sc2[nH]c(=O)c(=O)[nH]c12. The zero-order chi connectivity index (χ0) is 10.3. The van der Waals surface area contributed by atoms with Crippen LogP contribution in [0.1, 0.15) is 12.5 Å². The van der Waals surface area contributed by atoms with E-state index in [9.17, 15) is 9.59 Å².